The molecule has 4 nitrogen and oxygen atoms in total. The zero-order valence-electron chi connectivity index (χ0n) is 14.1. The lowest BCUT2D eigenvalue weighted by molar-refractivity contribution is -0.135. The molecule has 2 N–H and O–H groups in total. The molecule has 2 fully saturated rings. The van der Waals surface area contributed by atoms with Gasteiger partial charge in [0.25, 0.3) is 0 Å². The van der Waals surface area contributed by atoms with Crippen molar-refractivity contribution in [3.63, 3.8) is 0 Å². The molecule has 0 aromatic heterocycles. The Hall–Kier alpha value is -0.0300. The number of nitrogens with zero attached hydrogens (tertiary/aromatic N) is 2. The lowest BCUT2D eigenvalue weighted by atomic mass is 9.89. The maximum absolute atomic E-state index is 12.3. The summed E-state index contributed by atoms with van der Waals surface area (Å²) in [4.78, 5) is 16.8. The van der Waals surface area contributed by atoms with Crippen molar-refractivity contribution >= 4 is 30.7 Å². The fourth-order valence-corrected chi connectivity index (χ4v) is 3.50. The minimum absolute atomic E-state index is 0. The van der Waals surface area contributed by atoms with Crippen LogP contribution in [-0.2, 0) is 4.79 Å². The highest BCUT2D eigenvalue weighted by molar-refractivity contribution is 5.86. The van der Waals surface area contributed by atoms with Crippen LogP contribution in [0.2, 0.25) is 0 Å². The third kappa shape index (κ3) is 6.61. The van der Waals surface area contributed by atoms with Crippen LogP contribution in [0.5, 0.6) is 0 Å². The zero-order chi connectivity index (χ0) is 14.6. The SMILES string of the molecule is CC(C)(N)C(=O)N1CCCN(CC2CCCCC2)CC1.Cl.Cl. The van der Waals surface area contributed by atoms with Crippen LogP contribution in [0.15, 0.2) is 0 Å². The average molecular weight is 354 g/mol. The van der Waals surface area contributed by atoms with Crippen LogP contribution in [0.25, 0.3) is 0 Å². The molecule has 1 aliphatic carbocycles. The second-order valence-electron chi connectivity index (χ2n) is 7.17. The van der Waals surface area contributed by atoms with E-state index in [9.17, 15) is 4.79 Å². The van der Waals surface area contributed by atoms with E-state index in [4.69, 9.17) is 5.73 Å². The van der Waals surface area contributed by atoms with Gasteiger partial charge in [-0.1, -0.05) is 19.3 Å². The van der Waals surface area contributed by atoms with Gasteiger partial charge in [0.1, 0.15) is 0 Å². The minimum atomic E-state index is -0.738. The van der Waals surface area contributed by atoms with Gasteiger partial charge in [-0.05, 0) is 45.6 Å². The number of carbonyl (C=O) groups excluding carboxylic acids is 1. The molecule has 6 heteroatoms. The highest BCUT2D eigenvalue weighted by Crippen LogP contribution is 2.24. The van der Waals surface area contributed by atoms with Gasteiger partial charge in [-0.3, -0.25) is 4.79 Å². The highest BCUT2D eigenvalue weighted by atomic mass is 35.5. The van der Waals surface area contributed by atoms with E-state index in [2.05, 4.69) is 4.90 Å². The summed E-state index contributed by atoms with van der Waals surface area (Å²) in [6.07, 6.45) is 8.11. The smallest absolute Gasteiger partial charge is 0.242 e. The monoisotopic (exact) mass is 353 g/mol. The molecular weight excluding hydrogens is 321 g/mol. The Kier molecular flexibility index (Phi) is 9.95. The number of rotatable bonds is 3. The summed E-state index contributed by atoms with van der Waals surface area (Å²) in [5.74, 6) is 0.981. The summed E-state index contributed by atoms with van der Waals surface area (Å²) in [5, 5.41) is 0. The van der Waals surface area contributed by atoms with Crippen molar-refractivity contribution in [3.8, 4) is 0 Å². The molecular formula is C16H33Cl2N3O. The van der Waals surface area contributed by atoms with Gasteiger partial charge in [0.2, 0.25) is 5.91 Å². The van der Waals surface area contributed by atoms with E-state index in [0.717, 1.165) is 38.5 Å². The van der Waals surface area contributed by atoms with Gasteiger partial charge >= 0.3 is 0 Å². The molecule has 0 radical (unpaired) electrons. The van der Waals surface area contributed by atoms with Crippen LogP contribution >= 0.6 is 24.8 Å². The van der Waals surface area contributed by atoms with Gasteiger partial charge in [-0.25, -0.2) is 0 Å². The Morgan fingerprint density at radius 1 is 1.00 bits per heavy atom. The minimum Gasteiger partial charge on any atom is -0.340 e. The van der Waals surface area contributed by atoms with Crippen LogP contribution in [0.3, 0.4) is 0 Å². The first-order chi connectivity index (χ1) is 9.47. The van der Waals surface area contributed by atoms with E-state index in [1.165, 1.54) is 38.6 Å². The second-order valence-corrected chi connectivity index (χ2v) is 7.17. The van der Waals surface area contributed by atoms with Gasteiger partial charge in [0.15, 0.2) is 0 Å². The van der Waals surface area contributed by atoms with Gasteiger partial charge < -0.3 is 15.5 Å². The van der Waals surface area contributed by atoms with Gasteiger partial charge in [-0.15, -0.1) is 24.8 Å². The average Bonchev–Trinajstić information content (AvgIpc) is 2.63. The lowest BCUT2D eigenvalue weighted by Crippen LogP contribution is -2.52. The lowest BCUT2D eigenvalue weighted by Gasteiger charge is -2.30. The van der Waals surface area contributed by atoms with Crippen LogP contribution in [0, 0.1) is 5.92 Å². The number of halogens is 2. The molecule has 1 amide bonds. The van der Waals surface area contributed by atoms with Gasteiger partial charge in [0.05, 0.1) is 5.54 Å². The highest BCUT2D eigenvalue weighted by Gasteiger charge is 2.29. The van der Waals surface area contributed by atoms with E-state index in [1.807, 2.05) is 4.90 Å². The standard InChI is InChI=1S/C16H31N3O.2ClH/c1-16(2,17)15(20)19-10-6-9-18(11-12-19)13-14-7-4-3-5-8-14;;/h14H,3-13,17H2,1-2H3;2*1H. The third-order valence-electron chi connectivity index (χ3n) is 4.67. The first-order valence-corrected chi connectivity index (χ1v) is 8.27. The Balaban J connectivity index is 0.00000220. The molecule has 2 rings (SSSR count). The first-order valence-electron chi connectivity index (χ1n) is 8.27. The normalized spacial score (nSPS) is 21.5. The summed E-state index contributed by atoms with van der Waals surface area (Å²) >= 11 is 0. The molecule has 1 heterocycles. The van der Waals surface area contributed by atoms with Crippen molar-refractivity contribution in [2.24, 2.45) is 11.7 Å². The van der Waals surface area contributed by atoms with Crippen molar-refractivity contribution < 1.29 is 4.79 Å². The number of hydrogen-bond donors (Lipinski definition) is 1. The summed E-state index contributed by atoms with van der Waals surface area (Å²) in [7, 11) is 0. The largest absolute Gasteiger partial charge is 0.340 e. The quantitative estimate of drug-likeness (QED) is 0.848. The zero-order valence-corrected chi connectivity index (χ0v) is 15.7. The van der Waals surface area contributed by atoms with Gasteiger partial charge in [-0.2, -0.15) is 0 Å². The molecule has 0 aromatic rings. The number of carbonyl (C=O) groups is 1. The Morgan fingerprint density at radius 3 is 2.23 bits per heavy atom. The van der Waals surface area contributed by atoms with Crippen molar-refractivity contribution in [2.45, 2.75) is 57.9 Å². The van der Waals surface area contributed by atoms with E-state index >= 15 is 0 Å². The topological polar surface area (TPSA) is 49.6 Å². The van der Waals surface area contributed by atoms with Crippen LogP contribution < -0.4 is 5.73 Å². The van der Waals surface area contributed by atoms with E-state index < -0.39 is 5.54 Å². The number of nitrogens with two attached hydrogens (primary N) is 1. The molecule has 1 saturated carbocycles. The van der Waals surface area contributed by atoms with Crippen molar-refractivity contribution in [1.82, 2.24) is 9.80 Å². The summed E-state index contributed by atoms with van der Waals surface area (Å²) in [5.41, 5.74) is 5.20. The third-order valence-corrected chi connectivity index (χ3v) is 4.67. The van der Waals surface area contributed by atoms with Gasteiger partial charge in [0, 0.05) is 26.2 Å². The number of amides is 1. The number of hydrogen-bond acceptors (Lipinski definition) is 3. The van der Waals surface area contributed by atoms with E-state index in [1.54, 1.807) is 13.8 Å². The fraction of sp³-hybridized carbons (Fsp3) is 0.938. The molecule has 0 atom stereocenters. The molecule has 132 valence electrons. The summed E-state index contributed by atoms with van der Waals surface area (Å²) in [6.45, 7) is 8.69. The Labute approximate surface area is 148 Å². The molecule has 1 aliphatic heterocycles. The molecule has 0 aromatic carbocycles. The maximum atomic E-state index is 12.3. The predicted octanol–water partition coefficient (Wildman–Crippen LogP) is 2.68. The van der Waals surface area contributed by atoms with E-state index in [-0.39, 0.29) is 30.7 Å². The second kappa shape index (κ2) is 9.96. The molecule has 0 spiro atoms. The molecule has 1 saturated heterocycles. The fourth-order valence-electron chi connectivity index (χ4n) is 3.50. The maximum Gasteiger partial charge on any atom is 0.242 e. The van der Waals surface area contributed by atoms with Crippen molar-refractivity contribution in [2.75, 3.05) is 32.7 Å². The Morgan fingerprint density at radius 2 is 1.64 bits per heavy atom. The van der Waals surface area contributed by atoms with Crippen LogP contribution in [0.1, 0.15) is 52.4 Å². The Bertz CT molecular complexity index is 328. The van der Waals surface area contributed by atoms with Crippen molar-refractivity contribution in [1.29, 1.82) is 0 Å². The first kappa shape index (κ1) is 22.0. The summed E-state index contributed by atoms with van der Waals surface area (Å²) in [6, 6.07) is 0. The van der Waals surface area contributed by atoms with Crippen LogP contribution in [-0.4, -0.2) is 54.0 Å². The molecule has 0 unspecified atom stereocenters. The predicted molar refractivity (Wildman–Crippen MR) is 97.0 cm³/mol. The van der Waals surface area contributed by atoms with Crippen LogP contribution in [0.4, 0.5) is 0 Å². The summed E-state index contributed by atoms with van der Waals surface area (Å²) < 4.78 is 0. The molecule has 0 bridgehead atoms. The van der Waals surface area contributed by atoms with E-state index in [0.29, 0.717) is 0 Å². The van der Waals surface area contributed by atoms with Crippen molar-refractivity contribution in [3.05, 3.63) is 0 Å². The molecule has 2 aliphatic rings. The molecule has 22 heavy (non-hydrogen) atoms.